The molecule has 2 nitrogen and oxygen atoms in total. The van der Waals surface area contributed by atoms with Gasteiger partial charge in [0.05, 0.1) is 6.61 Å². The van der Waals surface area contributed by atoms with Crippen molar-refractivity contribution in [1.29, 1.82) is 0 Å². The summed E-state index contributed by atoms with van der Waals surface area (Å²) >= 11 is 0. The second-order valence-corrected chi connectivity index (χ2v) is 2.66. The van der Waals surface area contributed by atoms with Crippen LogP contribution in [0.15, 0.2) is 11.6 Å². The summed E-state index contributed by atoms with van der Waals surface area (Å²) in [5.41, 5.74) is 1.18. The molecule has 0 fully saturated rings. The van der Waals surface area contributed by atoms with Crippen LogP contribution in [0.25, 0.3) is 0 Å². The summed E-state index contributed by atoms with van der Waals surface area (Å²) < 4.78 is 4.81. The average molecular weight is 170 g/mol. The Labute approximate surface area is 74.6 Å². The number of rotatable bonds is 5. The first-order valence-electron chi connectivity index (χ1n) is 4.60. The van der Waals surface area contributed by atoms with E-state index < -0.39 is 0 Å². The van der Waals surface area contributed by atoms with Crippen molar-refractivity contribution in [1.82, 2.24) is 0 Å². The number of ether oxygens (including phenoxy) is 1. The summed E-state index contributed by atoms with van der Waals surface area (Å²) in [5.74, 6) is -0.206. The molecule has 0 atom stereocenters. The largest absolute Gasteiger partial charge is 0.463 e. The molecule has 0 saturated heterocycles. The molecule has 0 aromatic carbocycles. The molecule has 0 spiro atoms. The monoisotopic (exact) mass is 170 g/mol. The Kier molecular flexibility index (Phi) is 6.44. The molecule has 0 unspecified atom stereocenters. The smallest absolute Gasteiger partial charge is 0.330 e. The quantitative estimate of drug-likeness (QED) is 0.468. The Bertz CT molecular complexity index is 159. The summed E-state index contributed by atoms with van der Waals surface area (Å²) in [5, 5.41) is 0. The third kappa shape index (κ3) is 4.94. The van der Waals surface area contributed by atoms with E-state index in [0.29, 0.717) is 6.61 Å². The molecule has 70 valence electrons. The van der Waals surface area contributed by atoms with Gasteiger partial charge in [-0.1, -0.05) is 25.8 Å². The number of hydrogen-bond donors (Lipinski definition) is 0. The van der Waals surface area contributed by atoms with E-state index in [2.05, 4.69) is 13.8 Å². The van der Waals surface area contributed by atoms with Crippen LogP contribution in [0, 0.1) is 0 Å². The number of carbonyl (C=O) groups excluding carboxylic acids is 1. The maximum Gasteiger partial charge on any atom is 0.330 e. The fourth-order valence-electron chi connectivity index (χ4n) is 1.02. The van der Waals surface area contributed by atoms with Gasteiger partial charge in [0.2, 0.25) is 0 Å². The normalized spacial score (nSPS) is 11.4. The fourth-order valence-corrected chi connectivity index (χ4v) is 1.02. The Balaban J connectivity index is 3.98. The van der Waals surface area contributed by atoms with E-state index in [1.807, 2.05) is 6.92 Å². The zero-order valence-corrected chi connectivity index (χ0v) is 8.22. The fraction of sp³-hybridized carbons (Fsp3) is 0.700. The molecule has 0 bridgehead atoms. The molecule has 0 heterocycles. The second kappa shape index (κ2) is 6.89. The minimum atomic E-state index is -0.206. The zero-order chi connectivity index (χ0) is 9.40. The van der Waals surface area contributed by atoms with Crippen molar-refractivity contribution >= 4 is 5.97 Å². The van der Waals surface area contributed by atoms with Crippen molar-refractivity contribution in [3.05, 3.63) is 11.6 Å². The third-order valence-corrected chi connectivity index (χ3v) is 1.63. The van der Waals surface area contributed by atoms with Crippen LogP contribution >= 0.6 is 0 Å². The first-order valence-corrected chi connectivity index (χ1v) is 4.60. The standard InChI is InChI=1S/C10H18O2/c1-4-7-9(5-2)8-10(11)12-6-3/h8H,4-7H2,1-3H3. The van der Waals surface area contributed by atoms with Gasteiger partial charge in [0, 0.05) is 6.08 Å². The molecule has 0 aliphatic carbocycles. The van der Waals surface area contributed by atoms with E-state index in [0.717, 1.165) is 19.3 Å². The topological polar surface area (TPSA) is 26.3 Å². The van der Waals surface area contributed by atoms with Gasteiger partial charge in [-0.25, -0.2) is 4.79 Å². The van der Waals surface area contributed by atoms with Crippen molar-refractivity contribution < 1.29 is 9.53 Å². The number of carbonyl (C=O) groups is 1. The van der Waals surface area contributed by atoms with Crippen molar-refractivity contribution in [3.63, 3.8) is 0 Å². The van der Waals surface area contributed by atoms with Crippen LogP contribution in [0.3, 0.4) is 0 Å². The summed E-state index contributed by atoms with van der Waals surface area (Å²) in [6.45, 7) is 6.44. The Morgan fingerprint density at radius 2 is 2.00 bits per heavy atom. The van der Waals surface area contributed by atoms with E-state index in [1.54, 1.807) is 6.08 Å². The SMILES string of the molecule is CCCC(=CC(=O)OCC)CC. The molecule has 0 amide bonds. The van der Waals surface area contributed by atoms with Crippen LogP contribution in [0.4, 0.5) is 0 Å². The Morgan fingerprint density at radius 1 is 1.33 bits per heavy atom. The maximum atomic E-state index is 11.0. The minimum Gasteiger partial charge on any atom is -0.463 e. The highest BCUT2D eigenvalue weighted by Crippen LogP contribution is 2.08. The predicted molar refractivity (Wildman–Crippen MR) is 49.9 cm³/mol. The molecule has 12 heavy (non-hydrogen) atoms. The molecular formula is C10H18O2. The van der Waals surface area contributed by atoms with Gasteiger partial charge in [-0.05, 0) is 19.8 Å². The highest BCUT2D eigenvalue weighted by Gasteiger charge is 1.98. The van der Waals surface area contributed by atoms with Gasteiger partial charge in [0.15, 0.2) is 0 Å². The molecule has 0 aliphatic heterocycles. The van der Waals surface area contributed by atoms with Crippen molar-refractivity contribution in [2.24, 2.45) is 0 Å². The van der Waals surface area contributed by atoms with Gasteiger partial charge in [-0.15, -0.1) is 0 Å². The first kappa shape index (κ1) is 11.2. The molecule has 0 aromatic rings. The van der Waals surface area contributed by atoms with Crippen LogP contribution in [-0.2, 0) is 9.53 Å². The van der Waals surface area contributed by atoms with Crippen molar-refractivity contribution in [3.8, 4) is 0 Å². The summed E-state index contributed by atoms with van der Waals surface area (Å²) in [7, 11) is 0. The van der Waals surface area contributed by atoms with Crippen LogP contribution < -0.4 is 0 Å². The molecule has 0 radical (unpaired) electrons. The van der Waals surface area contributed by atoms with E-state index in [-0.39, 0.29) is 5.97 Å². The number of esters is 1. The predicted octanol–water partition coefficient (Wildman–Crippen LogP) is 2.69. The van der Waals surface area contributed by atoms with Gasteiger partial charge in [0.1, 0.15) is 0 Å². The lowest BCUT2D eigenvalue weighted by Crippen LogP contribution is -2.00. The van der Waals surface area contributed by atoms with Crippen LogP contribution in [0.2, 0.25) is 0 Å². The Hall–Kier alpha value is -0.790. The number of hydrogen-bond acceptors (Lipinski definition) is 2. The van der Waals surface area contributed by atoms with Gasteiger partial charge < -0.3 is 4.74 Å². The van der Waals surface area contributed by atoms with Gasteiger partial charge >= 0.3 is 5.97 Å². The van der Waals surface area contributed by atoms with Gasteiger partial charge in [-0.3, -0.25) is 0 Å². The van der Waals surface area contributed by atoms with Crippen LogP contribution in [-0.4, -0.2) is 12.6 Å². The van der Waals surface area contributed by atoms with Gasteiger partial charge in [-0.2, -0.15) is 0 Å². The zero-order valence-electron chi connectivity index (χ0n) is 8.22. The summed E-state index contributed by atoms with van der Waals surface area (Å²) in [6, 6.07) is 0. The molecular weight excluding hydrogens is 152 g/mol. The highest BCUT2D eigenvalue weighted by atomic mass is 16.5. The lowest BCUT2D eigenvalue weighted by molar-refractivity contribution is -0.137. The lowest BCUT2D eigenvalue weighted by atomic mass is 10.1. The van der Waals surface area contributed by atoms with E-state index >= 15 is 0 Å². The van der Waals surface area contributed by atoms with Crippen molar-refractivity contribution in [2.75, 3.05) is 6.61 Å². The molecule has 0 saturated carbocycles. The van der Waals surface area contributed by atoms with E-state index in [9.17, 15) is 4.79 Å². The lowest BCUT2D eigenvalue weighted by Gasteiger charge is -2.01. The highest BCUT2D eigenvalue weighted by molar-refractivity contribution is 5.82. The Morgan fingerprint density at radius 3 is 2.42 bits per heavy atom. The molecule has 0 rings (SSSR count). The summed E-state index contributed by atoms with van der Waals surface area (Å²) in [6.07, 6.45) is 4.63. The van der Waals surface area contributed by atoms with Crippen LogP contribution in [0.1, 0.15) is 40.0 Å². The minimum absolute atomic E-state index is 0.206. The molecule has 2 heteroatoms. The van der Waals surface area contributed by atoms with E-state index in [1.165, 1.54) is 5.57 Å². The first-order chi connectivity index (χ1) is 5.74. The number of allylic oxidation sites excluding steroid dienone is 1. The van der Waals surface area contributed by atoms with Crippen LogP contribution in [0.5, 0.6) is 0 Å². The maximum absolute atomic E-state index is 11.0. The summed E-state index contributed by atoms with van der Waals surface area (Å²) in [4.78, 5) is 11.0. The average Bonchev–Trinajstić information content (AvgIpc) is 2.04. The molecule has 0 aliphatic rings. The van der Waals surface area contributed by atoms with Crippen molar-refractivity contribution in [2.45, 2.75) is 40.0 Å². The van der Waals surface area contributed by atoms with E-state index in [4.69, 9.17) is 4.74 Å². The second-order valence-electron chi connectivity index (χ2n) is 2.66. The van der Waals surface area contributed by atoms with Gasteiger partial charge in [0.25, 0.3) is 0 Å². The third-order valence-electron chi connectivity index (χ3n) is 1.63. The molecule has 0 aromatic heterocycles. The molecule has 0 N–H and O–H groups in total.